The molecule has 4 heteroatoms. The van der Waals surface area contributed by atoms with Crippen LogP contribution in [-0.2, 0) is 19.1 Å². The summed E-state index contributed by atoms with van der Waals surface area (Å²) in [6.45, 7) is 22.0. The van der Waals surface area contributed by atoms with Gasteiger partial charge >= 0.3 is 5.97 Å². The van der Waals surface area contributed by atoms with Crippen molar-refractivity contribution in [2.24, 2.45) is 50.2 Å². The smallest absolute Gasteiger partial charge is 0.306 e. The summed E-state index contributed by atoms with van der Waals surface area (Å²) in [7, 11) is 0. The average molecular weight is 567 g/mol. The molecule has 6 rings (SSSR count). The number of esters is 1. The first-order valence-corrected chi connectivity index (χ1v) is 17.1. The largest absolute Gasteiger partial charge is 0.462 e. The number of rotatable bonds is 6. The molecule has 10 atom stereocenters. The van der Waals surface area contributed by atoms with Gasteiger partial charge in [0.2, 0.25) is 0 Å². The Labute approximate surface area is 250 Å². The van der Waals surface area contributed by atoms with Crippen molar-refractivity contribution in [3.8, 4) is 0 Å². The molecule has 1 saturated heterocycles. The summed E-state index contributed by atoms with van der Waals surface area (Å²) >= 11 is 0. The van der Waals surface area contributed by atoms with E-state index < -0.39 is 0 Å². The molecule has 4 saturated carbocycles. The van der Waals surface area contributed by atoms with E-state index in [1.165, 1.54) is 44.9 Å². The summed E-state index contributed by atoms with van der Waals surface area (Å²) < 4.78 is 13.5. The Morgan fingerprint density at radius 3 is 2.37 bits per heavy atom. The highest BCUT2D eigenvalue weighted by molar-refractivity contribution is 5.78. The van der Waals surface area contributed by atoms with E-state index in [4.69, 9.17) is 9.47 Å². The Morgan fingerprint density at radius 2 is 1.66 bits per heavy atom. The molecule has 4 nitrogen and oxygen atoms in total. The lowest BCUT2D eigenvalue weighted by Gasteiger charge is -2.70. The summed E-state index contributed by atoms with van der Waals surface area (Å²) in [6.07, 6.45) is 14.6. The van der Waals surface area contributed by atoms with Gasteiger partial charge in [0.15, 0.2) is 0 Å². The van der Waals surface area contributed by atoms with Crippen LogP contribution in [0.1, 0.15) is 139 Å². The van der Waals surface area contributed by atoms with Crippen LogP contribution in [0.25, 0.3) is 0 Å². The fraction of sp³-hybridized carbons (Fsp3) is 0.892. The van der Waals surface area contributed by atoms with Gasteiger partial charge in [-0.2, -0.15) is 0 Å². The first-order valence-electron chi connectivity index (χ1n) is 17.1. The van der Waals surface area contributed by atoms with Crippen LogP contribution in [0, 0.1) is 50.2 Å². The fourth-order valence-corrected chi connectivity index (χ4v) is 12.0. The molecule has 1 aliphatic heterocycles. The number of hydrogen-bond donors (Lipinski definition) is 0. The zero-order valence-corrected chi connectivity index (χ0v) is 27.7. The van der Waals surface area contributed by atoms with E-state index in [1.54, 1.807) is 5.57 Å². The van der Waals surface area contributed by atoms with Crippen LogP contribution in [0.15, 0.2) is 11.6 Å². The minimum Gasteiger partial charge on any atom is -0.462 e. The number of ether oxygens (including phenoxy) is 2. The third-order valence-electron chi connectivity index (χ3n) is 14.8. The zero-order valence-electron chi connectivity index (χ0n) is 27.7. The molecule has 0 bridgehead atoms. The van der Waals surface area contributed by atoms with Gasteiger partial charge in [0, 0.05) is 42.4 Å². The van der Waals surface area contributed by atoms with Gasteiger partial charge < -0.3 is 9.47 Å². The molecule has 0 unspecified atom stereocenters. The number of hydrogen-bond acceptors (Lipinski definition) is 4. The molecule has 5 aliphatic carbocycles. The second-order valence-corrected chi connectivity index (χ2v) is 17.8. The van der Waals surface area contributed by atoms with E-state index in [2.05, 4.69) is 61.5 Å². The maximum absolute atomic E-state index is 13.0. The predicted octanol–water partition coefficient (Wildman–Crippen LogP) is 8.86. The molecule has 0 radical (unpaired) electrons. The van der Waals surface area contributed by atoms with Crippen LogP contribution in [0.2, 0.25) is 0 Å². The molecule has 0 aromatic heterocycles. The first-order chi connectivity index (χ1) is 19.0. The molecule has 5 fully saturated rings. The van der Waals surface area contributed by atoms with Crippen molar-refractivity contribution < 1.29 is 19.1 Å². The second kappa shape index (κ2) is 9.42. The van der Waals surface area contributed by atoms with Crippen molar-refractivity contribution in [3.05, 3.63) is 11.6 Å². The minimum absolute atomic E-state index is 0.0786. The first kappa shape index (κ1) is 29.9. The van der Waals surface area contributed by atoms with Crippen LogP contribution in [-0.4, -0.2) is 30.1 Å². The van der Waals surface area contributed by atoms with Gasteiger partial charge in [-0.05, 0) is 84.9 Å². The standard InChI is InChI=1S/C37H58O4/c1-10-23(38)12-11-13-30(39)41-28-21-29-37(9)27(33(28,4)5)14-15-36(8)31(37)26(40-29)20-24-25-22-32(2,3)16-17-34(25,6)18-19-35(24,36)7/h20,25-29,31H,10-19,21-22H2,1-9H3/t25-,26+,27+,28+,29-,31+,34-,35-,36-,37-/m1/s1. The highest BCUT2D eigenvalue weighted by Gasteiger charge is 2.75. The number of carbonyl (C=O) groups excluding carboxylic acids is 2. The fourth-order valence-electron chi connectivity index (χ4n) is 12.0. The van der Waals surface area contributed by atoms with Gasteiger partial charge in [0.05, 0.1) is 12.2 Å². The number of Topliss-reactive ketones (excluding diaryl/α,β-unsaturated/α-hetero) is 1. The Balaban J connectivity index is 1.31. The van der Waals surface area contributed by atoms with Crippen molar-refractivity contribution in [2.45, 2.75) is 158 Å². The molecule has 0 spiro atoms. The van der Waals surface area contributed by atoms with Gasteiger partial charge in [-0.3, -0.25) is 9.59 Å². The Bertz CT molecular complexity index is 1130. The summed E-state index contributed by atoms with van der Waals surface area (Å²) in [4.78, 5) is 24.7. The molecule has 1 heterocycles. The van der Waals surface area contributed by atoms with Crippen LogP contribution in [0.5, 0.6) is 0 Å². The van der Waals surface area contributed by atoms with E-state index in [9.17, 15) is 9.59 Å². The molecule has 6 aliphatic rings. The van der Waals surface area contributed by atoms with Gasteiger partial charge in [0.25, 0.3) is 0 Å². The summed E-state index contributed by atoms with van der Waals surface area (Å²) in [5.41, 5.74) is 2.97. The minimum atomic E-state index is -0.147. The molecule has 230 valence electrons. The topological polar surface area (TPSA) is 52.6 Å². The van der Waals surface area contributed by atoms with E-state index in [0.717, 1.165) is 6.42 Å². The van der Waals surface area contributed by atoms with Crippen molar-refractivity contribution >= 4 is 11.8 Å². The van der Waals surface area contributed by atoms with Gasteiger partial charge in [0.1, 0.15) is 11.9 Å². The highest BCUT2D eigenvalue weighted by Crippen LogP contribution is 2.78. The zero-order chi connectivity index (χ0) is 29.8. The van der Waals surface area contributed by atoms with Gasteiger partial charge in [-0.25, -0.2) is 0 Å². The van der Waals surface area contributed by atoms with Crippen molar-refractivity contribution in [1.29, 1.82) is 0 Å². The SMILES string of the molecule is CCC(=O)CCCC(=O)O[C@H]1C[C@H]2O[C@H]3C=C4[C@H]5CC(C)(C)CC[C@]5(C)CC[C@@]4(C)[C@]4(C)CC[C@@H](C1(C)C)[C@@]2(C)[C@@H]34. The molecule has 0 aromatic rings. The molecule has 41 heavy (non-hydrogen) atoms. The summed E-state index contributed by atoms with van der Waals surface area (Å²) in [5.74, 6) is 1.69. The van der Waals surface area contributed by atoms with Gasteiger partial charge in [-0.15, -0.1) is 0 Å². The Kier molecular flexibility index (Phi) is 6.87. The lowest BCUT2D eigenvalue weighted by Crippen LogP contribution is -2.67. The maximum Gasteiger partial charge on any atom is 0.306 e. The average Bonchev–Trinajstić information content (AvgIpc) is 3.18. The van der Waals surface area contributed by atoms with E-state index in [0.29, 0.717) is 54.3 Å². The second-order valence-electron chi connectivity index (χ2n) is 17.8. The van der Waals surface area contributed by atoms with Crippen LogP contribution in [0.3, 0.4) is 0 Å². The van der Waals surface area contributed by atoms with E-state index in [-0.39, 0.29) is 51.7 Å². The van der Waals surface area contributed by atoms with Crippen molar-refractivity contribution in [2.75, 3.05) is 0 Å². The highest BCUT2D eigenvalue weighted by atomic mass is 16.6. The van der Waals surface area contributed by atoms with Crippen molar-refractivity contribution in [1.82, 2.24) is 0 Å². The monoisotopic (exact) mass is 566 g/mol. The lowest BCUT2D eigenvalue weighted by atomic mass is 9.33. The van der Waals surface area contributed by atoms with Crippen LogP contribution < -0.4 is 0 Å². The maximum atomic E-state index is 13.0. The Morgan fingerprint density at radius 1 is 0.951 bits per heavy atom. The number of ketones is 1. The molecule has 0 amide bonds. The van der Waals surface area contributed by atoms with Crippen molar-refractivity contribution in [3.63, 3.8) is 0 Å². The number of fused-ring (bicyclic) bond motifs is 4. The third kappa shape index (κ3) is 4.14. The predicted molar refractivity (Wildman–Crippen MR) is 163 cm³/mol. The molecule has 0 N–H and O–H groups in total. The Hall–Kier alpha value is -1.16. The lowest BCUT2D eigenvalue weighted by molar-refractivity contribution is -0.210. The number of allylic oxidation sites excluding steroid dienone is 1. The quantitative estimate of drug-likeness (QED) is 0.238. The molecule has 0 aromatic carbocycles. The van der Waals surface area contributed by atoms with Crippen LogP contribution in [0.4, 0.5) is 0 Å². The molecular weight excluding hydrogens is 508 g/mol. The molecular formula is C37H58O4. The normalized spacial score (nSPS) is 48.8. The third-order valence-corrected chi connectivity index (χ3v) is 14.8. The summed E-state index contributed by atoms with van der Waals surface area (Å²) in [6, 6.07) is 0. The van der Waals surface area contributed by atoms with E-state index >= 15 is 0 Å². The van der Waals surface area contributed by atoms with Gasteiger partial charge in [-0.1, -0.05) is 74.0 Å². The summed E-state index contributed by atoms with van der Waals surface area (Å²) in [5, 5.41) is 0. The van der Waals surface area contributed by atoms with E-state index in [1.807, 2.05) is 6.92 Å². The van der Waals surface area contributed by atoms with Crippen LogP contribution >= 0.6 is 0 Å². The number of carbonyl (C=O) groups is 2.